The van der Waals surface area contributed by atoms with E-state index in [1.165, 1.54) is 0 Å². The Bertz CT molecular complexity index is 1040. The van der Waals surface area contributed by atoms with E-state index >= 15 is 0 Å². The summed E-state index contributed by atoms with van der Waals surface area (Å²) in [7, 11) is 1.65. The predicted octanol–water partition coefficient (Wildman–Crippen LogP) is 2.88. The number of ether oxygens (including phenoxy) is 2. The summed E-state index contributed by atoms with van der Waals surface area (Å²) in [6.45, 7) is 4.79. The molecule has 2 aromatic rings. The highest BCUT2D eigenvalue weighted by molar-refractivity contribution is 6.30. The number of amides is 1. The molecule has 2 aliphatic rings. The molecule has 8 nitrogen and oxygen atoms in total. The molecule has 0 spiro atoms. The number of esters is 1. The number of nitrogens with zero attached hydrogens (tertiary/aromatic N) is 3. The van der Waals surface area contributed by atoms with Gasteiger partial charge in [0.1, 0.15) is 11.8 Å². The Kier molecular flexibility index (Phi) is 7.03. The van der Waals surface area contributed by atoms with Crippen molar-refractivity contribution in [1.82, 2.24) is 10.2 Å². The van der Waals surface area contributed by atoms with E-state index in [4.69, 9.17) is 26.1 Å². The number of piperazine rings is 1. The minimum atomic E-state index is -1.06. The van der Waals surface area contributed by atoms with Crippen LogP contribution < -0.4 is 15.0 Å². The van der Waals surface area contributed by atoms with Crippen LogP contribution in [-0.4, -0.2) is 62.6 Å². The average Bonchev–Trinajstić information content (AvgIpc) is 2.84. The van der Waals surface area contributed by atoms with Crippen molar-refractivity contribution < 1.29 is 19.1 Å². The third-order valence-corrected chi connectivity index (χ3v) is 6.08. The van der Waals surface area contributed by atoms with E-state index in [-0.39, 0.29) is 6.61 Å². The lowest BCUT2D eigenvalue weighted by Crippen LogP contribution is -2.57. The molecule has 0 bridgehead atoms. The zero-order valence-electron chi connectivity index (χ0n) is 18.7. The number of benzene rings is 2. The molecule has 1 amide bonds. The van der Waals surface area contributed by atoms with Crippen LogP contribution in [-0.2, 0) is 14.3 Å². The van der Waals surface area contributed by atoms with Gasteiger partial charge in [0.2, 0.25) is 11.9 Å². The molecule has 2 aliphatic heterocycles. The van der Waals surface area contributed by atoms with Gasteiger partial charge in [-0.1, -0.05) is 23.7 Å². The van der Waals surface area contributed by atoms with Crippen LogP contribution in [0.15, 0.2) is 53.5 Å². The second-order valence-corrected chi connectivity index (χ2v) is 8.28. The maximum Gasteiger partial charge on any atom is 0.321 e. The number of hydrogen-bond donors (Lipinski definition) is 1. The fraction of sp³-hybridized carbons (Fsp3) is 0.375. The third kappa shape index (κ3) is 5.06. The maximum absolute atomic E-state index is 13.0. The molecular formula is C24H27ClN4O4. The van der Waals surface area contributed by atoms with Crippen LogP contribution >= 0.6 is 11.6 Å². The quantitative estimate of drug-likeness (QED) is 0.534. The van der Waals surface area contributed by atoms with Crippen molar-refractivity contribution in [2.45, 2.75) is 13.0 Å². The molecule has 2 heterocycles. The van der Waals surface area contributed by atoms with Gasteiger partial charge in [-0.3, -0.25) is 14.9 Å². The first kappa shape index (κ1) is 22.9. The monoisotopic (exact) mass is 470 g/mol. The van der Waals surface area contributed by atoms with E-state index in [2.05, 4.69) is 10.2 Å². The van der Waals surface area contributed by atoms with Gasteiger partial charge in [-0.25, -0.2) is 4.99 Å². The summed E-state index contributed by atoms with van der Waals surface area (Å²) in [6, 6.07) is 14.3. The molecule has 1 N–H and O–H groups in total. The standard InChI is InChI=1S/C24H27ClN4O4/c1-3-33-23(31)20-21(16-5-4-6-17(25)15-16)26-24(27-22(20)30)29-13-11-28(12-14-29)18-7-9-19(32-2)10-8-18/h4-10,15,20-21H,3,11-14H2,1-2H3,(H,26,27,30)/t20-,21+/m1/s1. The Hall–Kier alpha value is -3.26. The molecule has 9 heteroatoms. The normalized spacial score (nSPS) is 20.7. The maximum atomic E-state index is 13.0. The first-order valence-electron chi connectivity index (χ1n) is 10.9. The van der Waals surface area contributed by atoms with Crippen molar-refractivity contribution in [2.75, 3.05) is 44.8 Å². The van der Waals surface area contributed by atoms with Crippen molar-refractivity contribution in [3.05, 3.63) is 59.1 Å². The van der Waals surface area contributed by atoms with Crippen LogP contribution in [0, 0.1) is 5.92 Å². The summed E-state index contributed by atoms with van der Waals surface area (Å²) in [5.41, 5.74) is 1.81. The number of halogens is 1. The summed E-state index contributed by atoms with van der Waals surface area (Å²) < 4.78 is 10.4. The molecule has 2 atom stereocenters. The molecule has 33 heavy (non-hydrogen) atoms. The van der Waals surface area contributed by atoms with Crippen molar-refractivity contribution >= 4 is 35.1 Å². The van der Waals surface area contributed by atoms with Gasteiger partial charge in [-0.15, -0.1) is 0 Å². The molecule has 1 fully saturated rings. The lowest BCUT2D eigenvalue weighted by molar-refractivity contribution is -0.153. The minimum Gasteiger partial charge on any atom is -0.497 e. The summed E-state index contributed by atoms with van der Waals surface area (Å²) in [5, 5.41) is 3.35. The SMILES string of the molecule is CCOC(=O)[C@H]1C(=O)NC(N2CCN(c3ccc(OC)cc3)CC2)=N[C@H]1c1cccc(Cl)c1. The van der Waals surface area contributed by atoms with E-state index < -0.39 is 23.8 Å². The van der Waals surface area contributed by atoms with E-state index in [9.17, 15) is 9.59 Å². The number of aliphatic imine (C=N–C) groups is 1. The first-order chi connectivity index (χ1) is 16.0. The zero-order chi connectivity index (χ0) is 23.4. The van der Waals surface area contributed by atoms with Gasteiger partial charge in [-0.05, 0) is 48.9 Å². The number of methoxy groups -OCH3 is 1. The second kappa shape index (κ2) is 10.1. The number of carbonyl (C=O) groups excluding carboxylic acids is 2. The Morgan fingerprint density at radius 2 is 1.82 bits per heavy atom. The summed E-state index contributed by atoms with van der Waals surface area (Å²) in [4.78, 5) is 34.7. The molecule has 1 saturated heterocycles. The molecule has 2 aromatic carbocycles. The second-order valence-electron chi connectivity index (χ2n) is 7.84. The van der Waals surface area contributed by atoms with Crippen molar-refractivity contribution in [3.8, 4) is 5.75 Å². The molecular weight excluding hydrogens is 444 g/mol. The smallest absolute Gasteiger partial charge is 0.321 e. The highest BCUT2D eigenvalue weighted by Gasteiger charge is 2.42. The molecule has 0 aromatic heterocycles. The molecule has 0 aliphatic carbocycles. The Balaban J connectivity index is 1.54. The number of rotatable bonds is 5. The number of hydrogen-bond acceptors (Lipinski definition) is 7. The lowest BCUT2D eigenvalue weighted by Gasteiger charge is -2.39. The fourth-order valence-corrected chi connectivity index (χ4v) is 4.32. The Labute approximate surface area is 198 Å². The van der Waals surface area contributed by atoms with Gasteiger partial charge in [0.15, 0.2) is 5.92 Å². The summed E-state index contributed by atoms with van der Waals surface area (Å²) >= 11 is 6.18. The van der Waals surface area contributed by atoms with E-state index in [1.807, 2.05) is 35.2 Å². The Morgan fingerprint density at radius 3 is 2.45 bits per heavy atom. The van der Waals surface area contributed by atoms with Gasteiger partial charge in [0.25, 0.3) is 0 Å². The average molecular weight is 471 g/mol. The third-order valence-electron chi connectivity index (χ3n) is 5.84. The highest BCUT2D eigenvalue weighted by Crippen LogP contribution is 2.32. The van der Waals surface area contributed by atoms with E-state index in [0.717, 1.165) is 24.5 Å². The van der Waals surface area contributed by atoms with Crippen molar-refractivity contribution in [3.63, 3.8) is 0 Å². The van der Waals surface area contributed by atoms with Gasteiger partial charge in [0, 0.05) is 36.9 Å². The van der Waals surface area contributed by atoms with Crippen LogP contribution in [0.1, 0.15) is 18.5 Å². The van der Waals surface area contributed by atoms with Crippen LogP contribution in [0.5, 0.6) is 5.75 Å². The minimum absolute atomic E-state index is 0.189. The zero-order valence-corrected chi connectivity index (χ0v) is 19.4. The Morgan fingerprint density at radius 1 is 1.12 bits per heavy atom. The number of anilines is 1. The number of nitrogens with one attached hydrogen (secondary N) is 1. The van der Waals surface area contributed by atoms with Gasteiger partial charge < -0.3 is 19.3 Å². The largest absolute Gasteiger partial charge is 0.497 e. The van der Waals surface area contributed by atoms with E-state index in [1.54, 1.807) is 32.2 Å². The van der Waals surface area contributed by atoms with Crippen LogP contribution in [0.2, 0.25) is 5.02 Å². The molecule has 0 radical (unpaired) electrons. The topological polar surface area (TPSA) is 83.5 Å². The molecule has 0 saturated carbocycles. The van der Waals surface area contributed by atoms with Crippen LogP contribution in [0.25, 0.3) is 0 Å². The fourth-order valence-electron chi connectivity index (χ4n) is 4.13. The van der Waals surface area contributed by atoms with Crippen LogP contribution in [0.3, 0.4) is 0 Å². The van der Waals surface area contributed by atoms with Gasteiger partial charge in [0.05, 0.1) is 13.7 Å². The number of guanidine groups is 1. The highest BCUT2D eigenvalue weighted by atomic mass is 35.5. The molecule has 0 unspecified atom stereocenters. The van der Waals surface area contributed by atoms with E-state index in [0.29, 0.717) is 29.6 Å². The molecule has 174 valence electrons. The lowest BCUT2D eigenvalue weighted by atomic mass is 9.91. The molecule has 4 rings (SSSR count). The predicted molar refractivity (Wildman–Crippen MR) is 127 cm³/mol. The van der Waals surface area contributed by atoms with Crippen LogP contribution in [0.4, 0.5) is 5.69 Å². The summed E-state index contributed by atoms with van der Waals surface area (Å²) in [5.74, 6) is -0.777. The van der Waals surface area contributed by atoms with Crippen molar-refractivity contribution in [1.29, 1.82) is 0 Å². The van der Waals surface area contributed by atoms with Gasteiger partial charge in [-0.2, -0.15) is 0 Å². The first-order valence-corrected chi connectivity index (χ1v) is 11.3. The summed E-state index contributed by atoms with van der Waals surface area (Å²) in [6.07, 6.45) is 0. The van der Waals surface area contributed by atoms with Crippen molar-refractivity contribution in [2.24, 2.45) is 10.9 Å². The number of carbonyl (C=O) groups is 2. The van der Waals surface area contributed by atoms with Gasteiger partial charge >= 0.3 is 5.97 Å².